The number of hydrogen-bond acceptors (Lipinski definition) is 7. The van der Waals surface area contributed by atoms with Crippen molar-refractivity contribution in [1.29, 1.82) is 0 Å². The van der Waals surface area contributed by atoms with Gasteiger partial charge in [-0.1, -0.05) is 6.07 Å². The molecule has 1 N–H and O–H groups in total. The van der Waals surface area contributed by atoms with Crippen LogP contribution in [0.4, 0.5) is 0 Å². The normalized spacial score (nSPS) is 15.5. The molecular formula is C23H29N5O4. The average Bonchev–Trinajstić information content (AvgIpc) is 3.24. The van der Waals surface area contributed by atoms with Crippen LogP contribution < -0.4 is 14.8 Å². The zero-order valence-electron chi connectivity index (χ0n) is 18.9. The first-order valence-electron chi connectivity index (χ1n) is 10.7. The van der Waals surface area contributed by atoms with Gasteiger partial charge in [-0.2, -0.15) is 5.10 Å². The van der Waals surface area contributed by atoms with Gasteiger partial charge in [-0.15, -0.1) is 0 Å². The maximum atomic E-state index is 13.1. The van der Waals surface area contributed by atoms with Crippen LogP contribution in [-0.4, -0.2) is 72.5 Å². The van der Waals surface area contributed by atoms with Crippen molar-refractivity contribution in [2.24, 2.45) is 0 Å². The lowest BCUT2D eigenvalue weighted by Gasteiger charge is -2.35. The monoisotopic (exact) mass is 439 g/mol. The number of carbonyl (C=O) groups excluding carboxylic acids is 1. The molecule has 1 aliphatic heterocycles. The third kappa shape index (κ3) is 4.39. The second-order valence-electron chi connectivity index (χ2n) is 7.82. The summed E-state index contributed by atoms with van der Waals surface area (Å²) in [6.07, 6.45) is 1.57. The number of rotatable bonds is 7. The lowest BCUT2D eigenvalue weighted by molar-refractivity contribution is 0.0162. The number of amides is 1. The molecule has 0 aliphatic carbocycles. The van der Waals surface area contributed by atoms with E-state index in [-0.39, 0.29) is 11.9 Å². The number of nitrogens with one attached hydrogen (secondary N) is 1. The van der Waals surface area contributed by atoms with Gasteiger partial charge >= 0.3 is 0 Å². The van der Waals surface area contributed by atoms with Crippen molar-refractivity contribution in [3.05, 3.63) is 53.0 Å². The Kier molecular flexibility index (Phi) is 6.57. The van der Waals surface area contributed by atoms with Crippen LogP contribution in [0.1, 0.15) is 33.4 Å². The standard InChI is InChI=1S/C23H29N5O4/c1-15-11-16(2)28-22(26-15)18(13-25-28)23(29)24-14-19(27-7-9-32-10-8-27)17-5-6-20(30-3)21(12-17)31-4/h5-6,11-13,19H,7-10,14H2,1-4H3,(H,24,29). The lowest BCUT2D eigenvalue weighted by Crippen LogP contribution is -2.43. The zero-order valence-corrected chi connectivity index (χ0v) is 18.9. The van der Waals surface area contributed by atoms with E-state index in [0.717, 1.165) is 30.0 Å². The molecule has 0 radical (unpaired) electrons. The smallest absolute Gasteiger partial charge is 0.256 e. The first kappa shape index (κ1) is 22.0. The van der Waals surface area contributed by atoms with E-state index in [0.29, 0.717) is 42.5 Å². The highest BCUT2D eigenvalue weighted by Crippen LogP contribution is 2.32. The van der Waals surface area contributed by atoms with Crippen molar-refractivity contribution < 1.29 is 19.0 Å². The van der Waals surface area contributed by atoms with Crippen LogP contribution in [0.25, 0.3) is 5.65 Å². The van der Waals surface area contributed by atoms with E-state index in [4.69, 9.17) is 14.2 Å². The van der Waals surface area contributed by atoms with Crippen LogP contribution in [0.2, 0.25) is 0 Å². The van der Waals surface area contributed by atoms with Gasteiger partial charge in [-0.05, 0) is 37.6 Å². The van der Waals surface area contributed by atoms with E-state index < -0.39 is 0 Å². The summed E-state index contributed by atoms with van der Waals surface area (Å²) in [5, 5.41) is 7.42. The number of ether oxygens (including phenoxy) is 3. The number of aryl methyl sites for hydroxylation is 2. The van der Waals surface area contributed by atoms with E-state index in [1.54, 1.807) is 24.9 Å². The Morgan fingerprint density at radius 2 is 1.91 bits per heavy atom. The maximum Gasteiger partial charge on any atom is 0.256 e. The maximum absolute atomic E-state index is 13.1. The Hall–Kier alpha value is -3.17. The largest absolute Gasteiger partial charge is 0.493 e. The molecular weight excluding hydrogens is 410 g/mol. The molecule has 170 valence electrons. The van der Waals surface area contributed by atoms with Crippen molar-refractivity contribution >= 4 is 11.6 Å². The predicted molar refractivity (Wildman–Crippen MR) is 119 cm³/mol. The van der Waals surface area contributed by atoms with Gasteiger partial charge in [-0.3, -0.25) is 9.69 Å². The molecule has 4 rings (SSSR count). The SMILES string of the molecule is COc1ccc(C(CNC(=O)c2cnn3c(C)cc(C)nc23)N2CCOCC2)cc1OC. The molecule has 9 heteroatoms. The minimum Gasteiger partial charge on any atom is -0.493 e. The Balaban J connectivity index is 1.59. The first-order valence-corrected chi connectivity index (χ1v) is 10.7. The van der Waals surface area contributed by atoms with Gasteiger partial charge in [0.15, 0.2) is 17.1 Å². The number of hydrogen-bond donors (Lipinski definition) is 1. The topological polar surface area (TPSA) is 90.2 Å². The predicted octanol–water partition coefficient (Wildman–Crippen LogP) is 2.17. The van der Waals surface area contributed by atoms with Gasteiger partial charge in [0.25, 0.3) is 5.91 Å². The summed E-state index contributed by atoms with van der Waals surface area (Å²) in [5.74, 6) is 1.13. The van der Waals surface area contributed by atoms with Gasteiger partial charge in [0.2, 0.25) is 0 Å². The molecule has 0 bridgehead atoms. The number of aromatic nitrogens is 3. The number of fused-ring (bicyclic) bond motifs is 1. The molecule has 1 fully saturated rings. The summed E-state index contributed by atoms with van der Waals surface area (Å²) < 4.78 is 18.1. The van der Waals surface area contributed by atoms with Crippen molar-refractivity contribution in [2.45, 2.75) is 19.9 Å². The Bertz CT molecular complexity index is 1110. The Morgan fingerprint density at radius 3 is 2.62 bits per heavy atom. The van der Waals surface area contributed by atoms with Gasteiger partial charge < -0.3 is 19.5 Å². The fraction of sp³-hybridized carbons (Fsp3) is 0.435. The van der Waals surface area contributed by atoms with Gasteiger partial charge in [-0.25, -0.2) is 9.50 Å². The van der Waals surface area contributed by atoms with Gasteiger partial charge in [0.05, 0.1) is 39.7 Å². The molecule has 1 aliphatic rings. The molecule has 3 aromatic rings. The van der Waals surface area contributed by atoms with E-state index in [9.17, 15) is 4.79 Å². The van der Waals surface area contributed by atoms with E-state index in [2.05, 4.69) is 20.3 Å². The number of benzene rings is 1. The van der Waals surface area contributed by atoms with Crippen molar-refractivity contribution in [3.63, 3.8) is 0 Å². The van der Waals surface area contributed by atoms with Crippen molar-refractivity contribution in [2.75, 3.05) is 47.1 Å². The minimum absolute atomic E-state index is 0.0408. The molecule has 1 saturated heterocycles. The fourth-order valence-electron chi connectivity index (χ4n) is 4.12. The number of nitrogens with zero attached hydrogens (tertiary/aromatic N) is 4. The van der Waals surface area contributed by atoms with Crippen LogP contribution in [0.3, 0.4) is 0 Å². The summed E-state index contributed by atoms with van der Waals surface area (Å²) >= 11 is 0. The molecule has 2 aromatic heterocycles. The third-order valence-electron chi connectivity index (χ3n) is 5.76. The summed E-state index contributed by atoms with van der Waals surface area (Å²) in [6, 6.07) is 7.77. The van der Waals surface area contributed by atoms with Crippen LogP contribution in [0, 0.1) is 13.8 Å². The quantitative estimate of drug-likeness (QED) is 0.603. The fourth-order valence-corrected chi connectivity index (χ4v) is 4.12. The number of morpholine rings is 1. The second-order valence-corrected chi connectivity index (χ2v) is 7.82. The minimum atomic E-state index is -0.198. The summed E-state index contributed by atoms with van der Waals surface area (Å²) in [6.45, 7) is 7.17. The first-order chi connectivity index (χ1) is 15.5. The van der Waals surface area contributed by atoms with Crippen LogP contribution >= 0.6 is 0 Å². The summed E-state index contributed by atoms with van der Waals surface area (Å²) in [5.41, 5.74) is 3.84. The van der Waals surface area contributed by atoms with Crippen molar-refractivity contribution in [3.8, 4) is 11.5 Å². The molecule has 1 aromatic carbocycles. The van der Waals surface area contributed by atoms with Crippen LogP contribution in [0.5, 0.6) is 11.5 Å². The number of carbonyl (C=O) groups is 1. The van der Waals surface area contributed by atoms with E-state index in [1.165, 1.54) is 0 Å². The third-order valence-corrected chi connectivity index (χ3v) is 5.76. The highest BCUT2D eigenvalue weighted by atomic mass is 16.5. The summed E-state index contributed by atoms with van der Waals surface area (Å²) in [7, 11) is 3.24. The molecule has 0 saturated carbocycles. The van der Waals surface area contributed by atoms with E-state index >= 15 is 0 Å². The molecule has 1 unspecified atom stereocenters. The van der Waals surface area contributed by atoms with E-state index in [1.807, 2.05) is 38.1 Å². The summed E-state index contributed by atoms with van der Waals surface area (Å²) in [4.78, 5) is 19.9. The average molecular weight is 440 g/mol. The second kappa shape index (κ2) is 9.54. The molecule has 1 atom stereocenters. The molecule has 3 heterocycles. The van der Waals surface area contributed by atoms with Gasteiger partial charge in [0, 0.05) is 31.0 Å². The Labute approximate surface area is 187 Å². The van der Waals surface area contributed by atoms with Gasteiger partial charge in [0.1, 0.15) is 5.56 Å². The van der Waals surface area contributed by atoms with Crippen LogP contribution in [0.15, 0.2) is 30.5 Å². The molecule has 9 nitrogen and oxygen atoms in total. The Morgan fingerprint density at radius 1 is 1.16 bits per heavy atom. The zero-order chi connectivity index (χ0) is 22.7. The molecule has 0 spiro atoms. The lowest BCUT2D eigenvalue weighted by atomic mass is 10.0. The highest BCUT2D eigenvalue weighted by Gasteiger charge is 2.25. The number of methoxy groups -OCH3 is 2. The van der Waals surface area contributed by atoms with Crippen LogP contribution in [-0.2, 0) is 4.74 Å². The highest BCUT2D eigenvalue weighted by molar-refractivity contribution is 5.99. The molecule has 1 amide bonds. The molecule has 32 heavy (non-hydrogen) atoms. The van der Waals surface area contributed by atoms with Crippen molar-refractivity contribution in [1.82, 2.24) is 24.8 Å².